The Balaban J connectivity index is 0.00000225. The Labute approximate surface area is 177 Å². The molecule has 0 radical (unpaired) electrons. The van der Waals surface area contributed by atoms with Crippen LogP contribution >= 0.6 is 12.4 Å². The summed E-state index contributed by atoms with van der Waals surface area (Å²) >= 11 is 0. The maximum Gasteiger partial charge on any atom is 0.160 e. The molecule has 4 heteroatoms. The lowest BCUT2D eigenvalue weighted by molar-refractivity contribution is -0.118. The molecule has 0 bridgehead atoms. The third kappa shape index (κ3) is 3.42. The molecule has 0 saturated heterocycles. The van der Waals surface area contributed by atoms with E-state index in [1.807, 2.05) is 14.1 Å². The molecule has 2 saturated carbocycles. The second-order valence-corrected chi connectivity index (χ2v) is 10.4. The lowest BCUT2D eigenvalue weighted by Crippen LogP contribution is -2.50. The van der Waals surface area contributed by atoms with E-state index in [9.17, 15) is 9.90 Å². The van der Waals surface area contributed by atoms with Crippen LogP contribution in [0.15, 0.2) is 23.3 Å². The molecular weight excluding hydrogens is 370 g/mol. The highest BCUT2D eigenvalue weighted by Gasteiger charge is 2.57. The molecule has 0 aliphatic heterocycles. The third-order valence-electron chi connectivity index (χ3n) is 8.75. The molecule has 0 aromatic heterocycles. The number of halogens is 1. The minimum atomic E-state index is -0.135. The molecule has 0 heterocycles. The summed E-state index contributed by atoms with van der Waals surface area (Å²) in [4.78, 5) is 15.1. The number of nitrogens with zero attached hydrogens (tertiary/aromatic N) is 1. The van der Waals surface area contributed by atoms with Gasteiger partial charge in [0.1, 0.15) is 0 Å². The predicted octanol–water partition coefficient (Wildman–Crippen LogP) is 4.79. The first kappa shape index (κ1) is 22.1. The van der Waals surface area contributed by atoms with Crippen LogP contribution in [0.25, 0.3) is 0 Å². The van der Waals surface area contributed by atoms with Crippen LogP contribution in [0.3, 0.4) is 0 Å². The van der Waals surface area contributed by atoms with Crippen LogP contribution < -0.4 is 0 Å². The van der Waals surface area contributed by atoms with Crippen LogP contribution in [0.2, 0.25) is 0 Å². The Bertz CT molecular complexity index is 684. The SMILES string of the molecule is CN(C)CCC(=O)C1=CC[C@H]2[C@@H]3CC=C4C[C@@H](O)CC[C@]4(C)[C@H]3CC[C@]12C.Cl. The number of allylic oxidation sites excluding steroid dienone is 3. The molecule has 0 aromatic rings. The molecule has 6 atom stereocenters. The van der Waals surface area contributed by atoms with Gasteiger partial charge in [0, 0.05) is 13.0 Å². The van der Waals surface area contributed by atoms with Crippen molar-refractivity contribution in [3.05, 3.63) is 23.3 Å². The summed E-state index contributed by atoms with van der Waals surface area (Å²) in [5.41, 5.74) is 3.04. The number of carbonyl (C=O) groups is 1. The lowest BCUT2D eigenvalue weighted by atomic mass is 9.47. The van der Waals surface area contributed by atoms with Gasteiger partial charge in [-0.15, -0.1) is 12.4 Å². The van der Waals surface area contributed by atoms with E-state index in [4.69, 9.17) is 0 Å². The van der Waals surface area contributed by atoms with E-state index in [2.05, 4.69) is 30.9 Å². The molecule has 2 fully saturated rings. The standard InChI is InChI=1S/C24H37NO2.ClH/c1-23-12-9-17(26)15-16(23)5-6-18-19-7-8-21(22(27)11-14-25(3)4)24(19,2)13-10-20(18)23;/h5,8,17-20,26H,6-7,9-15H2,1-4H3;1H/t17-,18-,19-,20-,23-,24-;/m0./s1. The van der Waals surface area contributed by atoms with Crippen molar-refractivity contribution in [1.29, 1.82) is 0 Å². The van der Waals surface area contributed by atoms with E-state index in [0.29, 0.717) is 24.0 Å². The Hall–Kier alpha value is -0.640. The zero-order valence-electron chi connectivity index (χ0n) is 18.0. The van der Waals surface area contributed by atoms with Crippen LogP contribution in [0.1, 0.15) is 65.2 Å². The van der Waals surface area contributed by atoms with Gasteiger partial charge in [0.05, 0.1) is 6.10 Å². The summed E-state index contributed by atoms with van der Waals surface area (Å²) in [5.74, 6) is 2.43. The van der Waals surface area contributed by atoms with Crippen molar-refractivity contribution >= 4 is 18.2 Å². The largest absolute Gasteiger partial charge is 0.393 e. The predicted molar refractivity (Wildman–Crippen MR) is 117 cm³/mol. The van der Waals surface area contributed by atoms with E-state index in [1.54, 1.807) is 0 Å². The molecule has 4 aliphatic carbocycles. The molecule has 28 heavy (non-hydrogen) atoms. The summed E-state index contributed by atoms with van der Waals surface area (Å²) in [7, 11) is 4.08. The summed E-state index contributed by atoms with van der Waals surface area (Å²) in [6.45, 7) is 5.69. The molecule has 1 N–H and O–H groups in total. The van der Waals surface area contributed by atoms with Gasteiger partial charge in [-0.1, -0.05) is 31.6 Å². The topological polar surface area (TPSA) is 40.5 Å². The zero-order valence-corrected chi connectivity index (χ0v) is 18.9. The van der Waals surface area contributed by atoms with Crippen molar-refractivity contribution in [3.8, 4) is 0 Å². The molecule has 4 aliphatic rings. The van der Waals surface area contributed by atoms with Gasteiger partial charge >= 0.3 is 0 Å². The van der Waals surface area contributed by atoms with E-state index in [-0.39, 0.29) is 29.3 Å². The first-order valence-corrected chi connectivity index (χ1v) is 11.0. The van der Waals surface area contributed by atoms with E-state index in [0.717, 1.165) is 56.6 Å². The highest BCUT2D eigenvalue weighted by atomic mass is 35.5. The summed E-state index contributed by atoms with van der Waals surface area (Å²) < 4.78 is 0. The molecule has 158 valence electrons. The third-order valence-corrected chi connectivity index (χ3v) is 8.75. The Kier molecular flexibility index (Phi) is 6.21. The Morgan fingerprint density at radius 2 is 1.82 bits per heavy atom. The minimum Gasteiger partial charge on any atom is -0.393 e. The van der Waals surface area contributed by atoms with E-state index in [1.165, 1.54) is 12.0 Å². The van der Waals surface area contributed by atoms with Crippen molar-refractivity contribution in [3.63, 3.8) is 0 Å². The molecule has 0 spiro atoms. The molecular formula is C24H38ClNO2. The second-order valence-electron chi connectivity index (χ2n) is 10.4. The number of hydrogen-bond donors (Lipinski definition) is 1. The van der Waals surface area contributed by atoms with Crippen molar-refractivity contribution in [1.82, 2.24) is 4.90 Å². The molecule has 0 amide bonds. The Morgan fingerprint density at radius 1 is 1.11 bits per heavy atom. The van der Waals surface area contributed by atoms with Crippen molar-refractivity contribution < 1.29 is 9.90 Å². The number of Topliss-reactive ketones (excluding diaryl/α,β-unsaturated/α-hetero) is 1. The van der Waals surface area contributed by atoms with E-state index >= 15 is 0 Å². The summed E-state index contributed by atoms with van der Waals surface area (Å²) in [6, 6.07) is 0. The monoisotopic (exact) mass is 407 g/mol. The smallest absolute Gasteiger partial charge is 0.160 e. The number of aliphatic hydroxyl groups is 1. The fourth-order valence-electron chi connectivity index (χ4n) is 7.10. The maximum absolute atomic E-state index is 13.0. The maximum atomic E-state index is 13.0. The van der Waals surface area contributed by atoms with Crippen LogP contribution in [0.5, 0.6) is 0 Å². The lowest BCUT2D eigenvalue weighted by Gasteiger charge is -2.57. The van der Waals surface area contributed by atoms with Gasteiger partial charge < -0.3 is 10.0 Å². The zero-order chi connectivity index (χ0) is 19.4. The molecule has 3 nitrogen and oxygen atoms in total. The number of hydrogen-bond acceptors (Lipinski definition) is 3. The number of aliphatic hydroxyl groups excluding tert-OH is 1. The van der Waals surface area contributed by atoms with Crippen molar-refractivity contribution in [2.24, 2.45) is 28.6 Å². The fourth-order valence-corrected chi connectivity index (χ4v) is 7.10. The van der Waals surface area contributed by atoms with Crippen LogP contribution in [0.4, 0.5) is 0 Å². The molecule has 0 unspecified atom stereocenters. The van der Waals surface area contributed by atoms with Gasteiger partial charge in [-0.2, -0.15) is 0 Å². The number of rotatable bonds is 4. The number of ketones is 1. The second kappa shape index (κ2) is 7.89. The minimum absolute atomic E-state index is 0. The van der Waals surface area contributed by atoms with E-state index < -0.39 is 0 Å². The van der Waals surface area contributed by atoms with Crippen molar-refractivity contribution in [2.75, 3.05) is 20.6 Å². The highest BCUT2D eigenvalue weighted by molar-refractivity contribution is 5.97. The van der Waals surface area contributed by atoms with Crippen molar-refractivity contribution in [2.45, 2.75) is 71.3 Å². The summed E-state index contributed by atoms with van der Waals surface area (Å²) in [6.07, 6.45) is 12.9. The fraction of sp³-hybridized carbons (Fsp3) is 0.792. The van der Waals surface area contributed by atoms with Gasteiger partial charge in [0.2, 0.25) is 0 Å². The van der Waals surface area contributed by atoms with Gasteiger partial charge in [-0.3, -0.25) is 4.79 Å². The van der Waals surface area contributed by atoms with Crippen LogP contribution in [-0.4, -0.2) is 42.5 Å². The average molecular weight is 408 g/mol. The Morgan fingerprint density at radius 3 is 2.54 bits per heavy atom. The first-order chi connectivity index (χ1) is 12.8. The molecule has 0 aromatic carbocycles. The first-order valence-electron chi connectivity index (χ1n) is 11.0. The van der Waals surface area contributed by atoms with Gasteiger partial charge in [-0.25, -0.2) is 0 Å². The van der Waals surface area contributed by atoms with Gasteiger partial charge in [0.15, 0.2) is 5.78 Å². The number of fused-ring (bicyclic) bond motifs is 5. The van der Waals surface area contributed by atoms with Crippen LogP contribution in [0, 0.1) is 28.6 Å². The highest BCUT2D eigenvalue weighted by Crippen LogP contribution is 2.65. The average Bonchev–Trinajstić information content (AvgIpc) is 2.97. The molecule has 4 rings (SSSR count). The van der Waals surface area contributed by atoms with Gasteiger partial charge in [0.25, 0.3) is 0 Å². The normalized spacial score (nSPS) is 41.9. The number of carbonyl (C=O) groups excluding carboxylic acids is 1. The quantitative estimate of drug-likeness (QED) is 0.681. The van der Waals surface area contributed by atoms with Gasteiger partial charge in [-0.05, 0) is 93.2 Å². The summed E-state index contributed by atoms with van der Waals surface area (Å²) in [5, 5.41) is 10.1. The van der Waals surface area contributed by atoms with Crippen LogP contribution in [-0.2, 0) is 4.79 Å².